The molecule has 2 rings (SSSR count). The molecule has 0 bridgehead atoms. The summed E-state index contributed by atoms with van der Waals surface area (Å²) in [7, 11) is 0. The van der Waals surface area contributed by atoms with Gasteiger partial charge in [0.05, 0.1) is 0 Å². The van der Waals surface area contributed by atoms with Crippen LogP contribution in [0, 0.1) is 0 Å². The maximum Gasteiger partial charge on any atom is 0.251 e. The third kappa shape index (κ3) is 2.55. The zero-order valence-corrected chi connectivity index (χ0v) is 9.60. The quantitative estimate of drug-likeness (QED) is 0.316. The van der Waals surface area contributed by atoms with Crippen LogP contribution in [-0.2, 0) is 0 Å². The molecule has 1 aliphatic carbocycles. The molecule has 5 heteroatoms. The lowest BCUT2D eigenvalue weighted by Gasteiger charge is -2.11. The number of rotatable bonds is 3. The fraction of sp³-hybridized carbons (Fsp3) is 0.333. The van der Waals surface area contributed by atoms with E-state index < -0.39 is 0 Å². The molecule has 0 heterocycles. The second kappa shape index (κ2) is 4.08. The first-order valence-electron chi connectivity index (χ1n) is 5.44. The largest absolute Gasteiger partial charge is 0.409 e. The molecule has 0 aliphatic heterocycles. The number of hydrogen-bond acceptors (Lipinski definition) is 3. The lowest BCUT2D eigenvalue weighted by atomic mass is 10.1. The fourth-order valence-electron chi connectivity index (χ4n) is 1.54. The lowest BCUT2D eigenvalue weighted by Crippen LogP contribution is -2.34. The van der Waals surface area contributed by atoms with E-state index in [0.717, 1.165) is 12.8 Å². The molecular weight excluding hydrogens is 218 g/mol. The summed E-state index contributed by atoms with van der Waals surface area (Å²) in [6.45, 7) is 2.01. The van der Waals surface area contributed by atoms with Gasteiger partial charge in [0.2, 0.25) is 0 Å². The van der Waals surface area contributed by atoms with Crippen LogP contribution in [0.15, 0.2) is 29.4 Å². The van der Waals surface area contributed by atoms with E-state index in [9.17, 15) is 4.79 Å². The van der Waals surface area contributed by atoms with Crippen LogP contribution in [0.2, 0.25) is 0 Å². The van der Waals surface area contributed by atoms with Crippen LogP contribution in [0.5, 0.6) is 0 Å². The molecule has 1 aromatic carbocycles. The number of hydrogen-bond donors (Lipinski definition) is 3. The summed E-state index contributed by atoms with van der Waals surface area (Å²) in [6.07, 6.45) is 2.03. The topological polar surface area (TPSA) is 87.7 Å². The van der Waals surface area contributed by atoms with Crippen molar-refractivity contribution in [1.29, 1.82) is 0 Å². The van der Waals surface area contributed by atoms with E-state index >= 15 is 0 Å². The third-order valence-electron chi connectivity index (χ3n) is 2.94. The van der Waals surface area contributed by atoms with Crippen LogP contribution < -0.4 is 11.1 Å². The van der Waals surface area contributed by atoms with Crippen LogP contribution in [0.1, 0.15) is 35.7 Å². The maximum atomic E-state index is 11.9. The number of amidine groups is 1. The van der Waals surface area contributed by atoms with E-state index in [1.54, 1.807) is 24.3 Å². The van der Waals surface area contributed by atoms with Gasteiger partial charge in [-0.1, -0.05) is 17.3 Å². The van der Waals surface area contributed by atoms with Gasteiger partial charge in [-0.15, -0.1) is 0 Å². The number of carbonyl (C=O) groups excluding carboxylic acids is 1. The Balaban J connectivity index is 2.18. The van der Waals surface area contributed by atoms with Crippen molar-refractivity contribution in [1.82, 2.24) is 5.32 Å². The lowest BCUT2D eigenvalue weighted by molar-refractivity contribution is 0.0935. The molecule has 0 spiro atoms. The van der Waals surface area contributed by atoms with Crippen LogP contribution in [-0.4, -0.2) is 22.5 Å². The molecule has 1 aromatic rings. The van der Waals surface area contributed by atoms with Crippen molar-refractivity contribution in [2.45, 2.75) is 25.3 Å². The summed E-state index contributed by atoms with van der Waals surface area (Å²) >= 11 is 0. The molecule has 17 heavy (non-hydrogen) atoms. The van der Waals surface area contributed by atoms with Crippen molar-refractivity contribution in [3.63, 3.8) is 0 Å². The first-order chi connectivity index (χ1) is 8.04. The molecule has 0 radical (unpaired) electrons. The zero-order valence-electron chi connectivity index (χ0n) is 9.60. The van der Waals surface area contributed by atoms with Gasteiger partial charge in [0, 0.05) is 16.7 Å². The molecule has 1 saturated carbocycles. The van der Waals surface area contributed by atoms with Gasteiger partial charge in [-0.05, 0) is 31.9 Å². The molecule has 0 aromatic heterocycles. The summed E-state index contributed by atoms with van der Waals surface area (Å²) in [6, 6.07) is 6.70. The molecule has 0 saturated heterocycles. The highest BCUT2D eigenvalue weighted by Crippen LogP contribution is 2.34. The minimum Gasteiger partial charge on any atom is -0.409 e. The van der Waals surface area contributed by atoms with Crippen molar-refractivity contribution in [2.75, 3.05) is 0 Å². The average molecular weight is 233 g/mol. The molecule has 4 N–H and O–H groups in total. The average Bonchev–Trinajstić information content (AvgIpc) is 3.06. The number of amides is 1. The standard InChI is InChI=1S/C12H15N3O2/c1-12(5-6-12)14-11(16)9-4-2-3-8(7-9)10(13)15-17/h2-4,7,17H,5-6H2,1H3,(H2,13,15)(H,14,16). The van der Waals surface area contributed by atoms with Crippen molar-refractivity contribution >= 4 is 11.7 Å². The highest BCUT2D eigenvalue weighted by Gasteiger charge is 2.38. The first kappa shape index (κ1) is 11.4. The Morgan fingerprint density at radius 1 is 1.47 bits per heavy atom. The molecule has 1 amide bonds. The van der Waals surface area contributed by atoms with Gasteiger partial charge in [0.1, 0.15) is 0 Å². The van der Waals surface area contributed by atoms with Crippen LogP contribution >= 0.6 is 0 Å². The first-order valence-corrected chi connectivity index (χ1v) is 5.44. The number of nitrogens with one attached hydrogen (secondary N) is 1. The van der Waals surface area contributed by atoms with Crippen molar-refractivity contribution < 1.29 is 10.0 Å². The normalized spacial score (nSPS) is 17.6. The summed E-state index contributed by atoms with van der Waals surface area (Å²) in [5, 5.41) is 14.4. The van der Waals surface area contributed by atoms with E-state index in [4.69, 9.17) is 10.9 Å². The number of nitrogens with zero attached hydrogens (tertiary/aromatic N) is 1. The van der Waals surface area contributed by atoms with Crippen LogP contribution in [0.25, 0.3) is 0 Å². The maximum absolute atomic E-state index is 11.9. The molecule has 5 nitrogen and oxygen atoms in total. The summed E-state index contributed by atoms with van der Waals surface area (Å²) in [5.41, 5.74) is 6.46. The molecule has 90 valence electrons. The summed E-state index contributed by atoms with van der Waals surface area (Å²) in [5.74, 6) is -0.130. The molecule has 1 fully saturated rings. The monoisotopic (exact) mass is 233 g/mol. The zero-order chi connectivity index (χ0) is 12.5. The Bertz CT molecular complexity index is 478. The molecular formula is C12H15N3O2. The highest BCUT2D eigenvalue weighted by molar-refractivity contribution is 6.01. The van der Waals surface area contributed by atoms with E-state index in [0.29, 0.717) is 11.1 Å². The van der Waals surface area contributed by atoms with Gasteiger partial charge in [0.25, 0.3) is 5.91 Å². The van der Waals surface area contributed by atoms with Gasteiger partial charge in [-0.2, -0.15) is 0 Å². The second-order valence-corrected chi connectivity index (χ2v) is 4.58. The van der Waals surface area contributed by atoms with E-state index in [1.807, 2.05) is 6.92 Å². The van der Waals surface area contributed by atoms with Gasteiger partial charge >= 0.3 is 0 Å². The van der Waals surface area contributed by atoms with Gasteiger partial charge in [-0.25, -0.2) is 0 Å². The SMILES string of the molecule is CC1(NC(=O)c2cccc(/C(N)=N/O)c2)CC1. The van der Waals surface area contributed by atoms with Gasteiger partial charge < -0.3 is 16.3 Å². The van der Waals surface area contributed by atoms with E-state index in [-0.39, 0.29) is 17.3 Å². The predicted molar refractivity (Wildman–Crippen MR) is 64.1 cm³/mol. The number of oxime groups is 1. The minimum atomic E-state index is -0.127. The smallest absolute Gasteiger partial charge is 0.251 e. The van der Waals surface area contributed by atoms with Crippen molar-refractivity contribution in [3.8, 4) is 0 Å². The van der Waals surface area contributed by atoms with Crippen molar-refractivity contribution in [3.05, 3.63) is 35.4 Å². The number of benzene rings is 1. The summed E-state index contributed by atoms with van der Waals surface area (Å²) in [4.78, 5) is 11.9. The number of carbonyl (C=O) groups is 1. The Morgan fingerprint density at radius 3 is 2.71 bits per heavy atom. The number of nitrogens with two attached hydrogens (primary N) is 1. The van der Waals surface area contributed by atoms with Gasteiger partial charge in [0.15, 0.2) is 5.84 Å². The molecule has 0 unspecified atom stereocenters. The van der Waals surface area contributed by atoms with Crippen LogP contribution in [0.4, 0.5) is 0 Å². The Morgan fingerprint density at radius 2 is 2.12 bits per heavy atom. The molecule has 1 aliphatic rings. The van der Waals surface area contributed by atoms with Gasteiger partial charge in [-0.3, -0.25) is 4.79 Å². The van der Waals surface area contributed by atoms with Crippen LogP contribution in [0.3, 0.4) is 0 Å². The third-order valence-corrected chi connectivity index (χ3v) is 2.94. The summed E-state index contributed by atoms with van der Waals surface area (Å²) < 4.78 is 0. The minimum absolute atomic E-state index is 0.00252. The van der Waals surface area contributed by atoms with Crippen molar-refractivity contribution in [2.24, 2.45) is 10.9 Å². The fourth-order valence-corrected chi connectivity index (χ4v) is 1.54. The Hall–Kier alpha value is -2.04. The van der Waals surface area contributed by atoms with E-state index in [1.165, 1.54) is 0 Å². The Kier molecular flexibility index (Phi) is 2.75. The second-order valence-electron chi connectivity index (χ2n) is 4.58. The molecule has 0 atom stereocenters. The highest BCUT2D eigenvalue weighted by atomic mass is 16.4. The van der Waals surface area contributed by atoms with E-state index in [2.05, 4.69) is 10.5 Å². The predicted octanol–water partition coefficient (Wildman–Crippen LogP) is 1.06. The Labute approximate surface area is 99.3 Å².